The minimum atomic E-state index is -0.334. The molecule has 0 unspecified atom stereocenters. The number of benzene rings is 3. The molecule has 0 saturated heterocycles. The predicted octanol–water partition coefficient (Wildman–Crippen LogP) is 5.52. The summed E-state index contributed by atoms with van der Waals surface area (Å²) in [6, 6.07) is 23.1. The summed E-state index contributed by atoms with van der Waals surface area (Å²) >= 11 is 3.45. The molecular weight excluding hydrogens is 324 g/mol. The highest BCUT2D eigenvalue weighted by Crippen LogP contribution is 2.49. The zero-order chi connectivity index (χ0) is 15.6. The molecule has 0 aromatic heterocycles. The van der Waals surface area contributed by atoms with Crippen LogP contribution in [0.5, 0.6) is 5.75 Å². The van der Waals surface area contributed by atoms with E-state index >= 15 is 0 Å². The van der Waals surface area contributed by atoms with Gasteiger partial charge in [-0.1, -0.05) is 53.9 Å². The molecule has 0 saturated carbocycles. The van der Waals surface area contributed by atoms with E-state index in [1.165, 1.54) is 14.7 Å². The van der Waals surface area contributed by atoms with Crippen LogP contribution in [-0.2, 0) is 0 Å². The van der Waals surface area contributed by atoms with Gasteiger partial charge in [0.15, 0.2) is 0 Å². The number of hydrogen-bond acceptors (Lipinski definition) is 4. The fraction of sp³-hybridized carbons (Fsp3) is 0. The Morgan fingerprint density at radius 1 is 0.696 bits per heavy atom. The Hall–Kier alpha value is -2.17. The molecule has 0 amide bonds. The van der Waals surface area contributed by atoms with Crippen molar-refractivity contribution in [3.05, 3.63) is 78.4 Å². The molecule has 2 nitrogen and oxygen atoms in total. The molecule has 4 heteroatoms. The highest BCUT2D eigenvalue weighted by molar-refractivity contribution is 8.05. The lowest BCUT2D eigenvalue weighted by Crippen LogP contribution is -2.08. The van der Waals surface area contributed by atoms with E-state index in [0.29, 0.717) is 11.3 Å². The van der Waals surface area contributed by atoms with Gasteiger partial charge in [-0.2, -0.15) is 0 Å². The van der Waals surface area contributed by atoms with Crippen LogP contribution in [0.25, 0.3) is 0 Å². The van der Waals surface area contributed by atoms with Gasteiger partial charge in [0.05, 0.1) is 5.56 Å². The Balaban J connectivity index is 1.58. The minimum Gasteiger partial charge on any atom is -0.423 e. The maximum absolute atomic E-state index is 12.1. The zero-order valence-electron chi connectivity index (χ0n) is 12.1. The third kappa shape index (κ3) is 3.00. The number of rotatable bonds is 2. The molecule has 0 N–H and O–H groups in total. The van der Waals surface area contributed by atoms with Crippen LogP contribution in [-0.4, -0.2) is 5.97 Å². The number of hydrogen-bond donors (Lipinski definition) is 0. The van der Waals surface area contributed by atoms with Crippen LogP contribution in [0.1, 0.15) is 10.4 Å². The lowest BCUT2D eigenvalue weighted by atomic mass is 10.2. The highest BCUT2D eigenvalue weighted by Gasteiger charge is 2.18. The van der Waals surface area contributed by atoms with Gasteiger partial charge in [0, 0.05) is 19.6 Å². The number of ether oxygens (including phenoxy) is 1. The normalized spacial score (nSPS) is 12.2. The third-order valence-corrected chi connectivity index (χ3v) is 5.97. The highest BCUT2D eigenvalue weighted by atomic mass is 32.2. The van der Waals surface area contributed by atoms with Crippen LogP contribution >= 0.6 is 23.5 Å². The number of fused-ring (bicyclic) bond motifs is 2. The SMILES string of the molecule is O=C(Oc1ccc2c(c1)Sc1ccccc1S2)c1ccccc1. The Morgan fingerprint density at radius 3 is 2.04 bits per heavy atom. The summed E-state index contributed by atoms with van der Waals surface area (Å²) in [5.41, 5.74) is 0.553. The first-order chi connectivity index (χ1) is 11.3. The molecule has 0 aliphatic carbocycles. The van der Waals surface area contributed by atoms with Crippen LogP contribution in [0.3, 0.4) is 0 Å². The van der Waals surface area contributed by atoms with E-state index in [1.807, 2.05) is 48.5 Å². The Bertz CT molecular complexity index is 876. The molecule has 0 radical (unpaired) electrons. The van der Waals surface area contributed by atoms with Crippen LogP contribution in [0.2, 0.25) is 0 Å². The number of esters is 1. The fourth-order valence-corrected chi connectivity index (χ4v) is 4.56. The van der Waals surface area contributed by atoms with Crippen molar-refractivity contribution in [2.75, 3.05) is 0 Å². The molecule has 112 valence electrons. The van der Waals surface area contributed by atoms with Gasteiger partial charge in [-0.25, -0.2) is 4.79 Å². The average Bonchev–Trinajstić information content (AvgIpc) is 2.60. The average molecular weight is 336 g/mol. The van der Waals surface area contributed by atoms with Crippen molar-refractivity contribution in [1.29, 1.82) is 0 Å². The van der Waals surface area contributed by atoms with E-state index in [0.717, 1.165) is 4.90 Å². The van der Waals surface area contributed by atoms with E-state index in [9.17, 15) is 4.79 Å². The second-order valence-electron chi connectivity index (χ2n) is 5.01. The van der Waals surface area contributed by atoms with Gasteiger partial charge in [0.1, 0.15) is 5.75 Å². The van der Waals surface area contributed by atoms with Gasteiger partial charge in [-0.15, -0.1) is 0 Å². The first-order valence-corrected chi connectivity index (χ1v) is 8.79. The lowest BCUT2D eigenvalue weighted by Gasteiger charge is -2.18. The van der Waals surface area contributed by atoms with Crippen LogP contribution in [0.4, 0.5) is 0 Å². The molecule has 1 aliphatic heterocycles. The van der Waals surface area contributed by atoms with Crippen molar-refractivity contribution in [3.8, 4) is 5.75 Å². The molecule has 0 spiro atoms. The predicted molar refractivity (Wildman–Crippen MR) is 92.5 cm³/mol. The van der Waals surface area contributed by atoms with Crippen LogP contribution in [0.15, 0.2) is 92.4 Å². The Labute approximate surface area is 142 Å². The molecule has 23 heavy (non-hydrogen) atoms. The van der Waals surface area contributed by atoms with Crippen molar-refractivity contribution in [3.63, 3.8) is 0 Å². The maximum atomic E-state index is 12.1. The van der Waals surface area contributed by atoms with Gasteiger partial charge < -0.3 is 4.74 Å². The monoisotopic (exact) mass is 336 g/mol. The van der Waals surface area contributed by atoms with Gasteiger partial charge in [0.2, 0.25) is 0 Å². The van der Waals surface area contributed by atoms with Crippen molar-refractivity contribution in [1.82, 2.24) is 0 Å². The summed E-state index contributed by atoms with van der Waals surface area (Å²) in [5, 5.41) is 0. The summed E-state index contributed by atoms with van der Waals surface area (Å²) in [7, 11) is 0. The molecule has 3 aromatic rings. The maximum Gasteiger partial charge on any atom is 0.343 e. The fourth-order valence-electron chi connectivity index (χ4n) is 2.31. The third-order valence-electron chi connectivity index (χ3n) is 3.42. The van der Waals surface area contributed by atoms with Gasteiger partial charge in [0.25, 0.3) is 0 Å². The molecule has 1 aliphatic rings. The quantitative estimate of drug-likeness (QED) is 0.355. The smallest absolute Gasteiger partial charge is 0.343 e. The largest absolute Gasteiger partial charge is 0.423 e. The Kier molecular flexibility index (Phi) is 3.85. The van der Waals surface area contributed by atoms with Crippen LogP contribution < -0.4 is 4.74 Å². The van der Waals surface area contributed by atoms with Crippen LogP contribution in [0, 0.1) is 0 Å². The molecule has 3 aromatic carbocycles. The van der Waals surface area contributed by atoms with Crippen molar-refractivity contribution < 1.29 is 9.53 Å². The zero-order valence-corrected chi connectivity index (χ0v) is 13.7. The number of carbonyl (C=O) groups is 1. The van der Waals surface area contributed by atoms with Crippen molar-refractivity contribution in [2.45, 2.75) is 19.6 Å². The summed E-state index contributed by atoms with van der Waals surface area (Å²) in [6.45, 7) is 0. The summed E-state index contributed by atoms with van der Waals surface area (Å²) in [5.74, 6) is 0.240. The van der Waals surface area contributed by atoms with E-state index < -0.39 is 0 Å². The van der Waals surface area contributed by atoms with Crippen molar-refractivity contribution in [2.24, 2.45) is 0 Å². The second kappa shape index (κ2) is 6.14. The lowest BCUT2D eigenvalue weighted by molar-refractivity contribution is 0.0734. The molecule has 0 atom stereocenters. The van der Waals surface area contributed by atoms with E-state index in [-0.39, 0.29) is 5.97 Å². The molecule has 1 heterocycles. The second-order valence-corrected chi connectivity index (χ2v) is 7.18. The molecular formula is C19H12O2S2. The topological polar surface area (TPSA) is 26.3 Å². The first kappa shape index (κ1) is 14.4. The van der Waals surface area contributed by atoms with Gasteiger partial charge in [-0.3, -0.25) is 0 Å². The van der Waals surface area contributed by atoms with E-state index in [2.05, 4.69) is 12.1 Å². The molecule has 0 fully saturated rings. The Morgan fingerprint density at radius 2 is 1.30 bits per heavy atom. The molecule has 4 rings (SSSR count). The summed E-state index contributed by atoms with van der Waals surface area (Å²) < 4.78 is 5.49. The standard InChI is InChI=1S/C19H12O2S2/c20-19(13-6-2-1-3-7-13)21-14-10-11-17-18(12-14)23-16-9-5-4-8-15(16)22-17/h1-12H. The first-order valence-electron chi connectivity index (χ1n) is 7.15. The van der Waals surface area contributed by atoms with Gasteiger partial charge >= 0.3 is 5.97 Å². The molecule has 0 bridgehead atoms. The number of carbonyl (C=O) groups excluding carboxylic acids is 1. The summed E-state index contributed by atoms with van der Waals surface area (Å²) in [4.78, 5) is 16.9. The van der Waals surface area contributed by atoms with E-state index in [1.54, 1.807) is 35.7 Å². The van der Waals surface area contributed by atoms with Crippen molar-refractivity contribution >= 4 is 29.5 Å². The minimum absolute atomic E-state index is 0.334. The van der Waals surface area contributed by atoms with Gasteiger partial charge in [-0.05, 0) is 42.5 Å². The van der Waals surface area contributed by atoms with E-state index in [4.69, 9.17) is 4.74 Å². The summed E-state index contributed by atoms with van der Waals surface area (Å²) in [6.07, 6.45) is 0.